The van der Waals surface area contributed by atoms with Crippen molar-refractivity contribution in [1.29, 1.82) is 0 Å². The monoisotopic (exact) mass is 338 g/mol. The maximum absolute atomic E-state index is 10.1. The maximum atomic E-state index is 10.1. The van der Waals surface area contributed by atoms with E-state index in [0.29, 0.717) is 4.48 Å². The van der Waals surface area contributed by atoms with Crippen LogP contribution in [0.2, 0.25) is 0 Å². The van der Waals surface area contributed by atoms with E-state index in [1.807, 2.05) is 0 Å². The summed E-state index contributed by atoms with van der Waals surface area (Å²) in [5.41, 5.74) is 0. The molecule has 6 atom stereocenters. The van der Waals surface area contributed by atoms with Gasteiger partial charge in [-0.2, -0.15) is 0 Å². The molecule has 0 saturated carbocycles. The average Bonchev–Trinajstić information content (AvgIpc) is 2.38. The molecule has 1 aliphatic heterocycles. The molecule has 0 amide bonds. The molecule has 19 heavy (non-hydrogen) atoms. The van der Waals surface area contributed by atoms with Crippen molar-refractivity contribution in [1.82, 2.24) is 0 Å². The summed E-state index contributed by atoms with van der Waals surface area (Å²) in [5.74, 6) is -2.39. The summed E-state index contributed by atoms with van der Waals surface area (Å²) in [4.78, 5) is 0. The van der Waals surface area contributed by atoms with Crippen molar-refractivity contribution in [2.75, 3.05) is 14.2 Å². The number of ether oxygens (including phenoxy) is 4. The summed E-state index contributed by atoms with van der Waals surface area (Å²) < 4.78 is 22.8. The molecule has 110 valence electrons. The maximum Gasteiger partial charge on any atom is 0.220 e. The van der Waals surface area contributed by atoms with Gasteiger partial charge >= 0.3 is 0 Å². The molecule has 2 rings (SSSR count). The Morgan fingerprint density at radius 1 is 1.11 bits per heavy atom. The van der Waals surface area contributed by atoms with E-state index in [1.165, 1.54) is 20.3 Å². The van der Waals surface area contributed by atoms with Gasteiger partial charge in [0.2, 0.25) is 11.6 Å². The smallest absolute Gasteiger partial charge is 0.220 e. The van der Waals surface area contributed by atoms with Crippen molar-refractivity contribution in [3.63, 3.8) is 0 Å². The molecule has 0 radical (unpaired) electrons. The minimum Gasteiger partial charge on any atom is -0.386 e. The second kappa shape index (κ2) is 5.07. The van der Waals surface area contributed by atoms with Gasteiger partial charge in [-0.15, -0.1) is 0 Å². The van der Waals surface area contributed by atoms with E-state index in [9.17, 15) is 10.2 Å². The molecular formula is C12H19BrO6. The largest absolute Gasteiger partial charge is 0.386 e. The lowest BCUT2D eigenvalue weighted by atomic mass is 9.92. The molecule has 0 aromatic carbocycles. The van der Waals surface area contributed by atoms with Gasteiger partial charge in [0.25, 0.3) is 0 Å². The zero-order valence-corrected chi connectivity index (χ0v) is 12.9. The molecule has 6 nitrogen and oxygen atoms in total. The fraction of sp³-hybridized carbons (Fsp3) is 0.833. The highest BCUT2D eigenvalue weighted by Gasteiger charge is 2.60. The Morgan fingerprint density at radius 3 is 2.05 bits per heavy atom. The molecule has 0 bridgehead atoms. The first-order valence-electron chi connectivity index (χ1n) is 5.97. The SMILES string of the molecule is CO[C@]1(C)O[C@@H]2[C@@H](O[C@@]1(C)OC)[C@@H](O)C(Br)=C[C@H]2O. The molecule has 1 saturated heterocycles. The lowest BCUT2D eigenvalue weighted by Crippen LogP contribution is -2.69. The third-order valence-corrected chi connectivity index (χ3v) is 4.64. The molecule has 7 heteroatoms. The summed E-state index contributed by atoms with van der Waals surface area (Å²) >= 11 is 3.20. The molecule has 0 aromatic rings. The van der Waals surface area contributed by atoms with Crippen molar-refractivity contribution in [2.24, 2.45) is 0 Å². The number of methoxy groups -OCH3 is 2. The summed E-state index contributed by atoms with van der Waals surface area (Å²) in [6, 6.07) is 0. The summed E-state index contributed by atoms with van der Waals surface area (Å²) in [5, 5.41) is 20.2. The van der Waals surface area contributed by atoms with Gasteiger partial charge in [-0.05, 0) is 19.9 Å². The van der Waals surface area contributed by atoms with E-state index in [1.54, 1.807) is 13.8 Å². The number of rotatable bonds is 2. The molecule has 1 aliphatic carbocycles. The summed E-state index contributed by atoms with van der Waals surface area (Å²) in [6.45, 7) is 3.33. The van der Waals surface area contributed by atoms with Crippen molar-refractivity contribution < 1.29 is 29.2 Å². The Bertz CT molecular complexity index is 388. The standard InChI is InChI=1S/C12H19BrO6/c1-11(16-3)12(2,17-4)19-10-8(15)6(13)5-7(14)9(10)18-11/h5,7-10,14-15H,1-4H3/t7-,8+,9+,10+,11-,12-/m1/s1. The quantitative estimate of drug-likeness (QED) is 0.763. The molecule has 2 N–H and O–H groups in total. The van der Waals surface area contributed by atoms with Crippen molar-refractivity contribution in [2.45, 2.75) is 49.8 Å². The van der Waals surface area contributed by atoms with Gasteiger partial charge in [0.15, 0.2) is 0 Å². The van der Waals surface area contributed by atoms with Crippen molar-refractivity contribution in [3.05, 3.63) is 10.6 Å². The molecule has 1 heterocycles. The molecule has 0 aromatic heterocycles. The number of hydrogen-bond donors (Lipinski definition) is 2. The van der Waals surface area contributed by atoms with Crippen LogP contribution >= 0.6 is 15.9 Å². The summed E-state index contributed by atoms with van der Waals surface area (Å²) in [7, 11) is 2.94. The van der Waals surface area contributed by atoms with Crippen molar-refractivity contribution in [3.8, 4) is 0 Å². The van der Waals surface area contributed by atoms with Crippen LogP contribution in [0.15, 0.2) is 10.6 Å². The Kier molecular flexibility index (Phi) is 4.10. The lowest BCUT2D eigenvalue weighted by Gasteiger charge is -2.54. The predicted molar refractivity (Wildman–Crippen MR) is 69.6 cm³/mol. The molecular weight excluding hydrogens is 320 g/mol. The molecule has 1 fully saturated rings. The van der Waals surface area contributed by atoms with E-state index in [4.69, 9.17) is 18.9 Å². The highest BCUT2D eigenvalue weighted by Crippen LogP contribution is 2.43. The first-order chi connectivity index (χ1) is 8.78. The van der Waals surface area contributed by atoms with Gasteiger partial charge in [-0.25, -0.2) is 0 Å². The van der Waals surface area contributed by atoms with E-state index < -0.39 is 36.0 Å². The van der Waals surface area contributed by atoms with Crippen LogP contribution in [0.5, 0.6) is 0 Å². The van der Waals surface area contributed by atoms with E-state index in [-0.39, 0.29) is 0 Å². The van der Waals surface area contributed by atoms with Crippen LogP contribution in [-0.4, -0.2) is 60.4 Å². The Hall–Kier alpha value is -0.0200. The third kappa shape index (κ3) is 2.27. The molecule has 0 unspecified atom stereocenters. The van der Waals surface area contributed by atoms with Crippen LogP contribution in [0.1, 0.15) is 13.8 Å². The summed E-state index contributed by atoms with van der Waals surface area (Å²) in [6.07, 6.45) is -1.82. The molecule has 2 aliphatic rings. The second-order valence-electron chi connectivity index (χ2n) is 4.95. The zero-order valence-electron chi connectivity index (χ0n) is 11.3. The van der Waals surface area contributed by atoms with Gasteiger partial charge in [0.1, 0.15) is 24.4 Å². The fourth-order valence-corrected chi connectivity index (χ4v) is 2.89. The Labute approximate surface area is 120 Å². The Morgan fingerprint density at radius 2 is 1.58 bits per heavy atom. The highest BCUT2D eigenvalue weighted by atomic mass is 79.9. The number of halogens is 1. The van der Waals surface area contributed by atoms with E-state index in [0.717, 1.165) is 0 Å². The topological polar surface area (TPSA) is 77.4 Å². The minimum atomic E-state index is -1.20. The number of hydrogen-bond acceptors (Lipinski definition) is 6. The van der Waals surface area contributed by atoms with Crippen LogP contribution in [-0.2, 0) is 18.9 Å². The van der Waals surface area contributed by atoms with Gasteiger partial charge < -0.3 is 29.2 Å². The van der Waals surface area contributed by atoms with Gasteiger partial charge in [-0.1, -0.05) is 15.9 Å². The van der Waals surface area contributed by atoms with Gasteiger partial charge in [-0.3, -0.25) is 0 Å². The second-order valence-corrected chi connectivity index (χ2v) is 5.87. The molecule has 0 spiro atoms. The zero-order chi connectivity index (χ0) is 14.4. The van der Waals surface area contributed by atoms with Gasteiger partial charge in [0.05, 0.1) is 0 Å². The minimum absolute atomic E-state index is 0.462. The lowest BCUT2D eigenvalue weighted by molar-refractivity contribution is -0.458. The number of aliphatic hydroxyl groups is 2. The normalized spacial score (nSPS) is 50.6. The van der Waals surface area contributed by atoms with Crippen LogP contribution in [0.25, 0.3) is 0 Å². The first-order valence-corrected chi connectivity index (χ1v) is 6.76. The van der Waals surface area contributed by atoms with Crippen LogP contribution in [0.3, 0.4) is 0 Å². The van der Waals surface area contributed by atoms with Crippen molar-refractivity contribution >= 4 is 15.9 Å². The first kappa shape index (κ1) is 15.4. The third-order valence-electron chi connectivity index (χ3n) is 3.91. The average molecular weight is 339 g/mol. The van der Waals surface area contributed by atoms with Crippen LogP contribution in [0.4, 0.5) is 0 Å². The fourth-order valence-electron chi connectivity index (χ4n) is 2.36. The predicted octanol–water partition coefficient (Wildman–Crippen LogP) is 0.510. The number of aliphatic hydroxyl groups excluding tert-OH is 2. The number of fused-ring (bicyclic) bond motifs is 1. The Balaban J connectivity index is 2.37. The van der Waals surface area contributed by atoms with E-state index in [2.05, 4.69) is 15.9 Å². The van der Waals surface area contributed by atoms with Crippen LogP contribution < -0.4 is 0 Å². The highest BCUT2D eigenvalue weighted by molar-refractivity contribution is 9.11. The van der Waals surface area contributed by atoms with Gasteiger partial charge in [0, 0.05) is 18.7 Å². The van der Waals surface area contributed by atoms with E-state index >= 15 is 0 Å². The van der Waals surface area contributed by atoms with Crippen LogP contribution in [0, 0.1) is 0 Å².